The highest BCUT2D eigenvalue weighted by Crippen LogP contribution is 2.38. The third kappa shape index (κ3) is 2.22. The zero-order valence-corrected chi connectivity index (χ0v) is 8.47. The van der Waals surface area contributed by atoms with E-state index in [-0.39, 0.29) is 11.5 Å². The molecule has 0 aliphatic heterocycles. The van der Waals surface area contributed by atoms with E-state index in [2.05, 4.69) is 13.8 Å². The van der Waals surface area contributed by atoms with Crippen LogP contribution in [0.4, 0.5) is 0 Å². The van der Waals surface area contributed by atoms with Crippen LogP contribution in [0.5, 0.6) is 0 Å². The highest BCUT2D eigenvalue weighted by atomic mass is 16.3. The van der Waals surface area contributed by atoms with Gasteiger partial charge >= 0.3 is 0 Å². The Morgan fingerprint density at radius 1 is 1.17 bits per heavy atom. The van der Waals surface area contributed by atoms with E-state index in [9.17, 15) is 5.11 Å². The molecule has 1 fully saturated rings. The van der Waals surface area contributed by atoms with Crippen molar-refractivity contribution < 1.29 is 5.11 Å². The van der Waals surface area contributed by atoms with Crippen molar-refractivity contribution in [1.82, 2.24) is 0 Å². The van der Waals surface area contributed by atoms with Crippen LogP contribution in [-0.2, 0) is 0 Å². The molecule has 0 aromatic heterocycles. The Labute approximate surface area is 76.2 Å². The van der Waals surface area contributed by atoms with Gasteiger partial charge in [-0.3, -0.25) is 0 Å². The van der Waals surface area contributed by atoms with Gasteiger partial charge in [-0.1, -0.05) is 39.5 Å². The normalized spacial score (nSPS) is 26.2. The van der Waals surface area contributed by atoms with Crippen molar-refractivity contribution in [2.75, 3.05) is 0 Å². The molecule has 0 heterocycles. The fourth-order valence-corrected chi connectivity index (χ4v) is 2.36. The molecule has 1 aliphatic carbocycles. The highest BCUT2D eigenvalue weighted by Gasteiger charge is 2.31. The van der Waals surface area contributed by atoms with Crippen LogP contribution >= 0.6 is 0 Å². The van der Waals surface area contributed by atoms with E-state index in [1.54, 1.807) is 0 Å². The van der Waals surface area contributed by atoms with Crippen LogP contribution < -0.4 is 0 Å². The second-order valence-corrected chi connectivity index (χ2v) is 4.49. The number of rotatable bonds is 2. The molecule has 0 aromatic carbocycles. The maximum absolute atomic E-state index is 9.87. The molecular weight excluding hydrogens is 148 g/mol. The van der Waals surface area contributed by atoms with Crippen LogP contribution in [0.1, 0.15) is 58.8 Å². The standard InChI is InChI=1S/C11H22O/c1-3-10(12)11(2)8-6-4-5-7-9-11/h10,12H,3-9H2,1-2H3. The quantitative estimate of drug-likeness (QED) is 0.631. The summed E-state index contributed by atoms with van der Waals surface area (Å²) < 4.78 is 0. The van der Waals surface area contributed by atoms with Crippen LogP contribution in [0.25, 0.3) is 0 Å². The molecule has 1 saturated carbocycles. The SMILES string of the molecule is CCC(O)C1(C)CCCCCC1. The third-order valence-electron chi connectivity index (χ3n) is 3.44. The minimum absolute atomic E-state index is 0.0735. The topological polar surface area (TPSA) is 20.2 Å². The monoisotopic (exact) mass is 170 g/mol. The summed E-state index contributed by atoms with van der Waals surface area (Å²) in [7, 11) is 0. The van der Waals surface area contributed by atoms with Crippen molar-refractivity contribution >= 4 is 0 Å². The summed E-state index contributed by atoms with van der Waals surface area (Å²) in [5, 5.41) is 9.87. The molecule has 1 N–H and O–H groups in total. The first-order chi connectivity index (χ1) is 5.69. The summed E-state index contributed by atoms with van der Waals surface area (Å²) in [5.41, 5.74) is 0.227. The van der Waals surface area contributed by atoms with Gasteiger partial charge in [0.25, 0.3) is 0 Å². The number of hydrogen-bond donors (Lipinski definition) is 1. The Morgan fingerprint density at radius 3 is 2.08 bits per heavy atom. The van der Waals surface area contributed by atoms with E-state index < -0.39 is 0 Å². The molecule has 1 nitrogen and oxygen atoms in total. The van der Waals surface area contributed by atoms with E-state index >= 15 is 0 Å². The summed E-state index contributed by atoms with van der Waals surface area (Å²) in [6, 6.07) is 0. The van der Waals surface area contributed by atoms with Gasteiger partial charge in [0.1, 0.15) is 0 Å². The highest BCUT2D eigenvalue weighted by molar-refractivity contribution is 4.83. The summed E-state index contributed by atoms with van der Waals surface area (Å²) in [6.45, 7) is 4.34. The second-order valence-electron chi connectivity index (χ2n) is 4.49. The molecule has 1 atom stereocenters. The first kappa shape index (κ1) is 10.0. The average molecular weight is 170 g/mol. The molecule has 72 valence electrons. The first-order valence-electron chi connectivity index (χ1n) is 5.37. The van der Waals surface area contributed by atoms with E-state index in [0.717, 1.165) is 6.42 Å². The number of aliphatic hydroxyl groups is 1. The summed E-state index contributed by atoms with van der Waals surface area (Å²) >= 11 is 0. The second kappa shape index (κ2) is 4.27. The zero-order chi connectivity index (χ0) is 9.03. The van der Waals surface area contributed by atoms with E-state index in [1.807, 2.05) is 0 Å². The van der Waals surface area contributed by atoms with E-state index in [0.29, 0.717) is 0 Å². The van der Waals surface area contributed by atoms with Crippen molar-refractivity contribution in [3.63, 3.8) is 0 Å². The van der Waals surface area contributed by atoms with Gasteiger partial charge in [0.15, 0.2) is 0 Å². The Kier molecular flexibility index (Phi) is 3.57. The molecule has 1 heteroatoms. The molecule has 12 heavy (non-hydrogen) atoms. The lowest BCUT2D eigenvalue weighted by Crippen LogP contribution is -2.31. The van der Waals surface area contributed by atoms with Crippen LogP contribution in [0.3, 0.4) is 0 Å². The summed E-state index contributed by atoms with van der Waals surface area (Å²) in [6.07, 6.45) is 8.65. The van der Waals surface area contributed by atoms with Gasteiger partial charge in [-0.05, 0) is 24.7 Å². The van der Waals surface area contributed by atoms with E-state index in [4.69, 9.17) is 0 Å². The van der Waals surface area contributed by atoms with Crippen molar-refractivity contribution in [3.05, 3.63) is 0 Å². The van der Waals surface area contributed by atoms with Crippen LogP contribution in [-0.4, -0.2) is 11.2 Å². The van der Waals surface area contributed by atoms with Crippen LogP contribution in [0.2, 0.25) is 0 Å². The fourth-order valence-electron chi connectivity index (χ4n) is 2.36. The minimum atomic E-state index is -0.0735. The number of aliphatic hydroxyl groups excluding tert-OH is 1. The van der Waals surface area contributed by atoms with Crippen molar-refractivity contribution in [1.29, 1.82) is 0 Å². The molecular formula is C11H22O. The van der Waals surface area contributed by atoms with E-state index in [1.165, 1.54) is 38.5 Å². The summed E-state index contributed by atoms with van der Waals surface area (Å²) in [4.78, 5) is 0. The Morgan fingerprint density at radius 2 is 1.67 bits per heavy atom. The molecule has 0 bridgehead atoms. The Balaban J connectivity index is 2.53. The van der Waals surface area contributed by atoms with Crippen molar-refractivity contribution in [2.45, 2.75) is 64.9 Å². The van der Waals surface area contributed by atoms with Gasteiger partial charge < -0.3 is 5.11 Å². The van der Waals surface area contributed by atoms with Crippen LogP contribution in [0.15, 0.2) is 0 Å². The molecule has 0 amide bonds. The van der Waals surface area contributed by atoms with Crippen molar-refractivity contribution in [2.24, 2.45) is 5.41 Å². The first-order valence-corrected chi connectivity index (χ1v) is 5.37. The molecule has 0 radical (unpaired) electrons. The van der Waals surface area contributed by atoms with Crippen LogP contribution in [0, 0.1) is 5.41 Å². The molecule has 0 spiro atoms. The Hall–Kier alpha value is -0.0400. The predicted molar refractivity (Wildman–Crippen MR) is 52.1 cm³/mol. The largest absolute Gasteiger partial charge is 0.393 e. The lowest BCUT2D eigenvalue weighted by atomic mass is 9.76. The predicted octanol–water partition coefficient (Wildman–Crippen LogP) is 3.12. The van der Waals surface area contributed by atoms with Gasteiger partial charge in [-0.25, -0.2) is 0 Å². The van der Waals surface area contributed by atoms with Gasteiger partial charge in [-0.2, -0.15) is 0 Å². The lowest BCUT2D eigenvalue weighted by Gasteiger charge is -2.33. The maximum atomic E-state index is 9.87. The molecule has 1 aliphatic rings. The lowest BCUT2D eigenvalue weighted by molar-refractivity contribution is 0.0231. The number of hydrogen-bond acceptors (Lipinski definition) is 1. The average Bonchev–Trinajstić information content (AvgIpc) is 2.29. The maximum Gasteiger partial charge on any atom is 0.0591 e. The smallest absolute Gasteiger partial charge is 0.0591 e. The van der Waals surface area contributed by atoms with Crippen molar-refractivity contribution in [3.8, 4) is 0 Å². The van der Waals surface area contributed by atoms with Gasteiger partial charge in [0.2, 0.25) is 0 Å². The third-order valence-corrected chi connectivity index (χ3v) is 3.44. The molecule has 0 aromatic rings. The van der Waals surface area contributed by atoms with Gasteiger partial charge in [-0.15, -0.1) is 0 Å². The zero-order valence-electron chi connectivity index (χ0n) is 8.47. The minimum Gasteiger partial charge on any atom is -0.393 e. The molecule has 1 rings (SSSR count). The van der Waals surface area contributed by atoms with Gasteiger partial charge in [0.05, 0.1) is 6.10 Å². The van der Waals surface area contributed by atoms with Gasteiger partial charge in [0, 0.05) is 0 Å². The molecule has 0 saturated heterocycles. The Bertz CT molecular complexity index is 123. The fraction of sp³-hybridized carbons (Fsp3) is 1.00. The summed E-state index contributed by atoms with van der Waals surface area (Å²) in [5.74, 6) is 0. The molecule has 1 unspecified atom stereocenters.